The SMILES string of the molecule is C/C=C/S(=O)Nc1cccc(N2CCN(Cc3ccccc3)CC2)c1C=N.C=C/C=C\CC. The molecule has 1 saturated heterocycles. The van der Waals surface area contributed by atoms with E-state index in [1.165, 1.54) is 11.8 Å². The summed E-state index contributed by atoms with van der Waals surface area (Å²) in [6, 6.07) is 16.4. The molecule has 1 heterocycles. The van der Waals surface area contributed by atoms with Crippen LogP contribution in [0.4, 0.5) is 11.4 Å². The van der Waals surface area contributed by atoms with E-state index in [4.69, 9.17) is 5.41 Å². The van der Waals surface area contributed by atoms with Crippen molar-refractivity contribution in [3.05, 3.63) is 95.9 Å². The molecule has 2 aromatic rings. The number of hydrogen-bond donors (Lipinski definition) is 2. The van der Waals surface area contributed by atoms with Crippen LogP contribution in [0, 0.1) is 5.41 Å². The standard InChI is InChI=1S/C21H26N4OS.C6H10/c1-2-15-27(26)23-20-9-6-10-21(19(20)16-22)25-13-11-24(12-14-25)17-18-7-4-3-5-8-18;1-3-5-6-4-2/h2-10,15-16,22-23H,11-14,17H2,1H3;3,5-6H,1,4H2,2H3/b15-2+,22-16?;6-5-. The number of piperazine rings is 1. The van der Waals surface area contributed by atoms with Crippen molar-refractivity contribution >= 4 is 28.6 Å². The molecule has 1 aliphatic rings. The molecule has 3 rings (SSSR count). The lowest BCUT2D eigenvalue weighted by atomic mass is 10.1. The first-order valence-electron chi connectivity index (χ1n) is 11.3. The Balaban J connectivity index is 0.000000569. The number of nitrogens with zero attached hydrogens (tertiary/aromatic N) is 2. The second-order valence-electron chi connectivity index (χ2n) is 7.57. The summed E-state index contributed by atoms with van der Waals surface area (Å²) in [7, 11) is -1.29. The monoisotopic (exact) mass is 464 g/mol. The summed E-state index contributed by atoms with van der Waals surface area (Å²) in [4.78, 5) is 4.77. The Hall–Kier alpha value is -2.96. The summed E-state index contributed by atoms with van der Waals surface area (Å²) in [6.07, 6.45) is 9.99. The van der Waals surface area contributed by atoms with Gasteiger partial charge in [0.15, 0.2) is 0 Å². The maximum atomic E-state index is 12.0. The largest absolute Gasteiger partial charge is 0.368 e. The summed E-state index contributed by atoms with van der Waals surface area (Å²) in [5.41, 5.74) is 3.87. The first kappa shape index (κ1) is 26.3. The van der Waals surface area contributed by atoms with Gasteiger partial charge in [0, 0.05) is 55.6 Å². The molecule has 1 unspecified atom stereocenters. The second-order valence-corrected chi connectivity index (χ2v) is 8.64. The molecule has 176 valence electrons. The Bertz CT molecular complexity index is 948. The molecule has 6 heteroatoms. The normalized spacial score (nSPS) is 15.2. The molecule has 33 heavy (non-hydrogen) atoms. The first-order valence-corrected chi connectivity index (χ1v) is 12.6. The van der Waals surface area contributed by atoms with E-state index >= 15 is 0 Å². The maximum Gasteiger partial charge on any atom is 0.142 e. The molecule has 1 aliphatic heterocycles. The molecule has 2 aromatic carbocycles. The van der Waals surface area contributed by atoms with Crippen LogP contribution in [0.1, 0.15) is 31.4 Å². The van der Waals surface area contributed by atoms with Gasteiger partial charge in [0.2, 0.25) is 0 Å². The lowest BCUT2D eigenvalue weighted by Gasteiger charge is -2.37. The van der Waals surface area contributed by atoms with Gasteiger partial charge in [-0.2, -0.15) is 0 Å². The molecule has 5 nitrogen and oxygen atoms in total. The quantitative estimate of drug-likeness (QED) is 0.367. The fourth-order valence-corrected chi connectivity index (χ4v) is 4.27. The predicted octanol–water partition coefficient (Wildman–Crippen LogP) is 5.75. The molecule has 1 atom stereocenters. The van der Waals surface area contributed by atoms with E-state index in [0.717, 1.165) is 56.1 Å². The Morgan fingerprint density at radius 1 is 1.09 bits per heavy atom. The third-order valence-electron chi connectivity index (χ3n) is 5.17. The van der Waals surface area contributed by atoms with Gasteiger partial charge in [-0.3, -0.25) is 4.90 Å². The highest BCUT2D eigenvalue weighted by Gasteiger charge is 2.20. The van der Waals surface area contributed by atoms with Gasteiger partial charge in [-0.1, -0.05) is 74.2 Å². The van der Waals surface area contributed by atoms with Crippen LogP contribution < -0.4 is 9.62 Å². The third kappa shape index (κ3) is 8.83. The number of hydrogen-bond acceptors (Lipinski definition) is 4. The molecule has 2 N–H and O–H groups in total. The van der Waals surface area contributed by atoms with E-state index in [1.807, 2.05) is 37.3 Å². The fraction of sp³-hybridized carbons (Fsp3) is 0.296. The van der Waals surface area contributed by atoms with Gasteiger partial charge in [0.1, 0.15) is 11.0 Å². The summed E-state index contributed by atoms with van der Waals surface area (Å²) in [6.45, 7) is 12.2. The van der Waals surface area contributed by atoms with Crippen LogP contribution in [0.5, 0.6) is 0 Å². The molecule has 0 bridgehead atoms. The van der Waals surface area contributed by atoms with Crippen molar-refractivity contribution < 1.29 is 4.21 Å². The van der Waals surface area contributed by atoms with E-state index in [0.29, 0.717) is 0 Å². The molecule has 0 radical (unpaired) electrons. The topological polar surface area (TPSA) is 59.4 Å². The second kappa shape index (κ2) is 15.0. The average Bonchev–Trinajstić information content (AvgIpc) is 2.84. The lowest BCUT2D eigenvalue weighted by molar-refractivity contribution is 0.250. The summed E-state index contributed by atoms with van der Waals surface area (Å²) in [5.74, 6) is 0. The highest BCUT2D eigenvalue weighted by molar-refractivity contribution is 7.89. The maximum absolute atomic E-state index is 12.0. The van der Waals surface area contributed by atoms with Crippen LogP contribution in [0.15, 0.2) is 84.8 Å². The van der Waals surface area contributed by atoms with Crippen LogP contribution in [-0.2, 0) is 17.5 Å². The molecule has 0 saturated carbocycles. The zero-order valence-corrected chi connectivity index (χ0v) is 20.6. The number of benzene rings is 2. The minimum absolute atomic E-state index is 0.727. The van der Waals surface area contributed by atoms with E-state index in [9.17, 15) is 4.21 Å². The van der Waals surface area contributed by atoms with Crippen molar-refractivity contribution in [1.29, 1.82) is 5.41 Å². The van der Waals surface area contributed by atoms with Crippen molar-refractivity contribution in [3.8, 4) is 0 Å². The van der Waals surface area contributed by atoms with Crippen LogP contribution in [0.3, 0.4) is 0 Å². The lowest BCUT2D eigenvalue weighted by Crippen LogP contribution is -2.46. The van der Waals surface area contributed by atoms with Crippen molar-refractivity contribution in [2.24, 2.45) is 0 Å². The van der Waals surface area contributed by atoms with Crippen molar-refractivity contribution in [2.45, 2.75) is 26.8 Å². The average molecular weight is 465 g/mol. The minimum atomic E-state index is -1.29. The van der Waals surface area contributed by atoms with Crippen LogP contribution in [0.25, 0.3) is 0 Å². The molecule has 0 spiro atoms. The van der Waals surface area contributed by atoms with Gasteiger partial charge < -0.3 is 15.0 Å². The smallest absolute Gasteiger partial charge is 0.142 e. The molecular weight excluding hydrogens is 428 g/mol. The Morgan fingerprint density at radius 3 is 2.39 bits per heavy atom. The van der Waals surface area contributed by atoms with Gasteiger partial charge in [-0.05, 0) is 31.0 Å². The van der Waals surface area contributed by atoms with E-state index < -0.39 is 11.0 Å². The summed E-state index contributed by atoms with van der Waals surface area (Å²) >= 11 is 0. The fourth-order valence-electron chi connectivity index (χ4n) is 3.56. The zero-order chi connectivity index (χ0) is 23.9. The van der Waals surface area contributed by atoms with Gasteiger partial charge >= 0.3 is 0 Å². The first-order chi connectivity index (χ1) is 16.1. The highest BCUT2D eigenvalue weighted by atomic mass is 32.2. The van der Waals surface area contributed by atoms with Crippen molar-refractivity contribution in [3.63, 3.8) is 0 Å². The number of rotatable bonds is 9. The van der Waals surface area contributed by atoms with Gasteiger partial charge in [0.25, 0.3) is 0 Å². The van der Waals surface area contributed by atoms with Crippen LogP contribution >= 0.6 is 0 Å². The van der Waals surface area contributed by atoms with E-state index in [2.05, 4.69) is 58.4 Å². The van der Waals surface area contributed by atoms with Gasteiger partial charge in [-0.25, -0.2) is 4.21 Å². The van der Waals surface area contributed by atoms with Gasteiger partial charge in [-0.15, -0.1) is 0 Å². The Kier molecular flexibility index (Phi) is 11.9. The van der Waals surface area contributed by atoms with Crippen molar-refractivity contribution in [2.75, 3.05) is 35.8 Å². The van der Waals surface area contributed by atoms with Crippen LogP contribution in [-0.4, -0.2) is 41.5 Å². The molecule has 1 fully saturated rings. The predicted molar refractivity (Wildman–Crippen MR) is 144 cm³/mol. The zero-order valence-electron chi connectivity index (χ0n) is 19.7. The number of anilines is 2. The Labute approximate surface area is 201 Å². The molecule has 0 amide bonds. The highest BCUT2D eigenvalue weighted by Crippen LogP contribution is 2.27. The van der Waals surface area contributed by atoms with Gasteiger partial charge in [0.05, 0.1) is 5.69 Å². The van der Waals surface area contributed by atoms with E-state index in [-0.39, 0.29) is 0 Å². The van der Waals surface area contributed by atoms with Crippen molar-refractivity contribution in [1.82, 2.24) is 4.90 Å². The Morgan fingerprint density at radius 2 is 1.82 bits per heavy atom. The van der Waals surface area contributed by atoms with E-state index in [1.54, 1.807) is 17.6 Å². The minimum Gasteiger partial charge on any atom is -0.368 e. The third-order valence-corrected chi connectivity index (χ3v) is 6.11. The number of allylic oxidation sites excluding steroid dienone is 4. The molecule has 0 aromatic heterocycles. The summed E-state index contributed by atoms with van der Waals surface area (Å²) in [5, 5.41) is 9.46. The van der Waals surface area contributed by atoms with Crippen LogP contribution in [0.2, 0.25) is 0 Å². The summed E-state index contributed by atoms with van der Waals surface area (Å²) < 4.78 is 15.0. The molecule has 0 aliphatic carbocycles. The number of nitrogens with one attached hydrogen (secondary N) is 2. The molecular formula is C27H36N4OS.